The number of anilines is 1. The van der Waals surface area contributed by atoms with E-state index in [1.165, 1.54) is 73.2 Å². The molecule has 6 rings (SSSR count). The second-order valence-electron chi connectivity index (χ2n) is 13.7. The highest BCUT2D eigenvalue weighted by Crippen LogP contribution is 2.49. The molecule has 3 unspecified atom stereocenters. The van der Waals surface area contributed by atoms with Gasteiger partial charge in [-0.15, -0.1) is 0 Å². The first-order valence-corrected chi connectivity index (χ1v) is 16.3. The van der Waals surface area contributed by atoms with Crippen LogP contribution in [0.2, 0.25) is 0 Å². The lowest BCUT2D eigenvalue weighted by atomic mass is 9.78. The summed E-state index contributed by atoms with van der Waals surface area (Å²) >= 11 is 0. The topological polar surface area (TPSA) is 71.7 Å². The van der Waals surface area contributed by atoms with E-state index in [2.05, 4.69) is 47.6 Å². The van der Waals surface area contributed by atoms with Gasteiger partial charge < -0.3 is 15.3 Å². The van der Waals surface area contributed by atoms with Crippen LogP contribution < -0.4 is 10.2 Å². The zero-order valence-corrected chi connectivity index (χ0v) is 24.6. The number of hydrogen-bond acceptors (Lipinski definition) is 4. The minimum absolute atomic E-state index is 0.147. The Morgan fingerprint density at radius 2 is 1.93 bits per heavy atom. The van der Waals surface area contributed by atoms with E-state index >= 15 is 0 Å². The van der Waals surface area contributed by atoms with E-state index < -0.39 is 6.23 Å². The van der Waals surface area contributed by atoms with E-state index in [1.807, 2.05) is 0 Å². The first-order valence-electron chi connectivity index (χ1n) is 16.3. The molecule has 5 nitrogen and oxygen atoms in total. The van der Waals surface area contributed by atoms with Gasteiger partial charge in [0.2, 0.25) is 0 Å². The van der Waals surface area contributed by atoms with Crippen LogP contribution in [0.1, 0.15) is 109 Å². The van der Waals surface area contributed by atoms with Crippen molar-refractivity contribution in [2.45, 2.75) is 109 Å². The Kier molecular flexibility index (Phi) is 8.21. The van der Waals surface area contributed by atoms with Crippen LogP contribution in [0.3, 0.4) is 0 Å². The second-order valence-corrected chi connectivity index (χ2v) is 13.7. The number of rotatable bonds is 12. The lowest BCUT2D eigenvalue weighted by Gasteiger charge is -2.38. The predicted octanol–water partition coefficient (Wildman–Crippen LogP) is 8.06. The van der Waals surface area contributed by atoms with Crippen molar-refractivity contribution in [1.82, 2.24) is 5.32 Å². The highest BCUT2D eigenvalue weighted by Gasteiger charge is 2.45. The molecule has 5 heteroatoms. The Morgan fingerprint density at radius 1 is 1.12 bits per heavy atom. The Labute approximate surface area is 241 Å². The van der Waals surface area contributed by atoms with E-state index in [0.717, 1.165) is 63.8 Å². The van der Waals surface area contributed by atoms with E-state index in [0.29, 0.717) is 23.6 Å². The maximum Gasteiger partial charge on any atom is 0.131 e. The Hall–Kier alpha value is -2.40. The van der Waals surface area contributed by atoms with Crippen molar-refractivity contribution in [1.29, 1.82) is 5.41 Å². The van der Waals surface area contributed by atoms with Crippen molar-refractivity contribution in [3.8, 4) is 0 Å². The van der Waals surface area contributed by atoms with Crippen LogP contribution in [-0.2, 0) is 0 Å². The number of aliphatic hydroxyl groups is 1. The molecule has 216 valence electrons. The van der Waals surface area contributed by atoms with Crippen molar-refractivity contribution in [2.75, 3.05) is 11.4 Å². The van der Waals surface area contributed by atoms with Gasteiger partial charge in [-0.05, 0) is 105 Å². The van der Waals surface area contributed by atoms with E-state index in [-0.39, 0.29) is 5.41 Å². The van der Waals surface area contributed by atoms with Crippen LogP contribution in [0.4, 0.5) is 5.69 Å². The summed E-state index contributed by atoms with van der Waals surface area (Å²) in [7, 11) is 0. The molecule has 0 amide bonds. The molecule has 0 aromatic heterocycles. The van der Waals surface area contributed by atoms with Crippen LogP contribution in [0.25, 0.3) is 5.57 Å². The molecular weight excluding hydrogens is 492 g/mol. The van der Waals surface area contributed by atoms with Gasteiger partial charge in [-0.3, -0.25) is 10.4 Å². The third-order valence-electron chi connectivity index (χ3n) is 10.6. The summed E-state index contributed by atoms with van der Waals surface area (Å²) in [6.07, 6.45) is 18.9. The van der Waals surface area contributed by atoms with Crippen LogP contribution in [0.5, 0.6) is 0 Å². The number of allylic oxidation sites excluding steroid dienone is 2. The maximum atomic E-state index is 11.4. The molecular formula is C35H50N4O. The van der Waals surface area contributed by atoms with Crippen LogP contribution >= 0.6 is 0 Å². The summed E-state index contributed by atoms with van der Waals surface area (Å²) in [5, 5.41) is 23.0. The fourth-order valence-electron chi connectivity index (χ4n) is 7.79. The monoisotopic (exact) mass is 542 g/mol. The van der Waals surface area contributed by atoms with Gasteiger partial charge in [0.25, 0.3) is 0 Å². The van der Waals surface area contributed by atoms with E-state index in [9.17, 15) is 5.11 Å². The third-order valence-corrected chi connectivity index (χ3v) is 10.6. The van der Waals surface area contributed by atoms with Gasteiger partial charge in [-0.1, -0.05) is 51.3 Å². The first kappa shape index (κ1) is 27.8. The summed E-state index contributed by atoms with van der Waals surface area (Å²) in [6.45, 7) is 7.93. The highest BCUT2D eigenvalue weighted by atomic mass is 16.3. The molecule has 0 radical (unpaired) electrons. The Morgan fingerprint density at radius 3 is 2.65 bits per heavy atom. The summed E-state index contributed by atoms with van der Waals surface area (Å²) in [4.78, 5) is 7.34. The molecule has 4 saturated carbocycles. The summed E-state index contributed by atoms with van der Waals surface area (Å²) < 4.78 is 0. The number of benzene rings is 1. The first-order chi connectivity index (χ1) is 19.5. The lowest BCUT2D eigenvalue weighted by molar-refractivity contribution is 0.00667. The zero-order chi connectivity index (χ0) is 27.7. The van der Waals surface area contributed by atoms with Crippen molar-refractivity contribution in [3.63, 3.8) is 0 Å². The average molecular weight is 543 g/mol. The molecule has 4 fully saturated rings. The van der Waals surface area contributed by atoms with E-state index in [1.54, 1.807) is 0 Å². The number of hydrogen-bond donors (Lipinski definition) is 3. The molecule has 0 spiro atoms. The number of nitrogens with one attached hydrogen (secondary N) is 2. The molecule has 1 aromatic rings. The molecule has 0 saturated heterocycles. The second kappa shape index (κ2) is 11.8. The number of nitrogens with zero attached hydrogens (tertiary/aromatic N) is 2. The maximum absolute atomic E-state index is 11.4. The van der Waals surface area contributed by atoms with Gasteiger partial charge in [-0.2, -0.15) is 0 Å². The van der Waals surface area contributed by atoms with Gasteiger partial charge in [-0.25, -0.2) is 0 Å². The molecule has 5 aliphatic rings. The third kappa shape index (κ3) is 6.10. The van der Waals surface area contributed by atoms with Gasteiger partial charge in [0.15, 0.2) is 0 Å². The molecule has 0 bridgehead atoms. The summed E-state index contributed by atoms with van der Waals surface area (Å²) in [5.41, 5.74) is 6.42. The lowest BCUT2D eigenvalue weighted by Crippen LogP contribution is -2.47. The minimum Gasteiger partial charge on any atom is -0.373 e. The molecule has 40 heavy (non-hydrogen) atoms. The number of amidine groups is 1. The SMILES string of the molecule is C=C(C1CCCCC1)N(CC1CCC(CCC)(C(O)NC(=N)C2CC2)C1)c1cccc(C2=CN=C(C3CC3)C2)c1. The predicted molar refractivity (Wildman–Crippen MR) is 167 cm³/mol. The van der Waals surface area contributed by atoms with Crippen LogP contribution in [0.15, 0.2) is 47.7 Å². The van der Waals surface area contributed by atoms with Gasteiger partial charge in [0, 0.05) is 47.6 Å². The normalized spacial score (nSPS) is 27.7. The molecule has 1 aliphatic heterocycles. The summed E-state index contributed by atoms with van der Waals surface area (Å²) in [6, 6.07) is 9.12. The van der Waals surface area contributed by atoms with Crippen molar-refractivity contribution >= 4 is 22.8 Å². The fraction of sp³-hybridized carbons (Fsp3) is 0.657. The van der Waals surface area contributed by atoms with Crippen LogP contribution in [0, 0.1) is 34.5 Å². The number of aliphatic hydroxyl groups excluding tert-OH is 1. The van der Waals surface area contributed by atoms with Gasteiger partial charge in [0.1, 0.15) is 6.23 Å². The zero-order valence-electron chi connectivity index (χ0n) is 24.6. The van der Waals surface area contributed by atoms with Crippen LogP contribution in [-0.4, -0.2) is 29.4 Å². The van der Waals surface area contributed by atoms with Gasteiger partial charge in [0.05, 0.1) is 5.84 Å². The smallest absolute Gasteiger partial charge is 0.131 e. The largest absolute Gasteiger partial charge is 0.373 e. The quantitative estimate of drug-likeness (QED) is 0.142. The molecule has 1 heterocycles. The molecule has 3 atom stereocenters. The van der Waals surface area contributed by atoms with E-state index in [4.69, 9.17) is 17.0 Å². The Balaban J connectivity index is 1.20. The molecule has 1 aromatic carbocycles. The molecule has 4 aliphatic carbocycles. The van der Waals surface area contributed by atoms with Crippen molar-refractivity contribution in [2.24, 2.45) is 34.1 Å². The molecule has 3 N–H and O–H groups in total. The van der Waals surface area contributed by atoms with Gasteiger partial charge >= 0.3 is 0 Å². The van der Waals surface area contributed by atoms with Crippen molar-refractivity contribution in [3.05, 3.63) is 48.3 Å². The standard InChI is InChI=1S/C35H50N4O/c1-3-17-35(34(40)38-33(36)28-14-15-28)18-16-25(21-35)23-39(24(2)26-8-5-4-6-9-26)31-11-7-10-29(19-31)30-20-32(37-22-30)27-12-13-27/h7,10-11,19,22,25-28,34,40H,2-6,8-9,12-18,20-21,23H2,1H3,(H2,36,38). The number of aliphatic imine (C=N–C) groups is 1. The minimum atomic E-state index is -0.626. The highest BCUT2D eigenvalue weighted by molar-refractivity contribution is 6.01. The van der Waals surface area contributed by atoms with Crippen molar-refractivity contribution < 1.29 is 5.11 Å². The summed E-state index contributed by atoms with van der Waals surface area (Å²) in [5.74, 6) is 2.67. The average Bonchev–Trinajstić information content (AvgIpc) is 3.92. The Bertz CT molecular complexity index is 1160. The fourth-order valence-corrected chi connectivity index (χ4v) is 7.79.